The van der Waals surface area contributed by atoms with Gasteiger partial charge in [0, 0.05) is 24.6 Å². The van der Waals surface area contributed by atoms with E-state index < -0.39 is 0 Å². The van der Waals surface area contributed by atoms with Gasteiger partial charge in [0.15, 0.2) is 11.7 Å². The zero-order valence-electron chi connectivity index (χ0n) is 14.7. The zero-order chi connectivity index (χ0) is 17.9. The zero-order valence-corrected chi connectivity index (χ0v) is 14.7. The first kappa shape index (κ1) is 16.7. The van der Waals surface area contributed by atoms with E-state index in [1.807, 2.05) is 12.1 Å². The second-order valence-electron chi connectivity index (χ2n) is 6.59. The van der Waals surface area contributed by atoms with Crippen LogP contribution in [0.3, 0.4) is 0 Å². The van der Waals surface area contributed by atoms with Crippen LogP contribution in [0.25, 0.3) is 22.4 Å². The predicted octanol–water partition coefficient (Wildman–Crippen LogP) is 3.02. The second kappa shape index (κ2) is 7.21. The van der Waals surface area contributed by atoms with E-state index >= 15 is 0 Å². The van der Waals surface area contributed by atoms with Gasteiger partial charge in [0.05, 0.1) is 18.3 Å². The Hall–Kier alpha value is -2.80. The van der Waals surface area contributed by atoms with Gasteiger partial charge in [-0.3, -0.25) is 9.69 Å². The predicted molar refractivity (Wildman–Crippen MR) is 98.7 cm³/mol. The summed E-state index contributed by atoms with van der Waals surface area (Å²) in [5, 5.41) is 3.78. The normalized spacial score (nSPS) is 15.3. The van der Waals surface area contributed by atoms with Crippen LogP contribution in [0.2, 0.25) is 0 Å². The van der Waals surface area contributed by atoms with Crippen LogP contribution >= 0.6 is 0 Å². The summed E-state index contributed by atoms with van der Waals surface area (Å²) in [5.41, 5.74) is 1.45. The molecule has 0 unspecified atom stereocenters. The van der Waals surface area contributed by atoms with E-state index in [0.717, 1.165) is 36.8 Å². The lowest BCUT2D eigenvalue weighted by atomic mass is 10.1. The smallest absolute Gasteiger partial charge is 0.239 e. The molecule has 1 aliphatic heterocycles. The molecule has 26 heavy (non-hydrogen) atoms. The molecular weight excluding hydrogens is 330 g/mol. The molecule has 7 nitrogen and oxygen atoms in total. The minimum absolute atomic E-state index is 0.0410. The van der Waals surface area contributed by atoms with Gasteiger partial charge in [-0.15, -0.1) is 0 Å². The van der Waals surface area contributed by atoms with Crippen LogP contribution in [0.5, 0.6) is 0 Å². The summed E-state index contributed by atoms with van der Waals surface area (Å²) in [6.07, 6.45) is 6.95. The van der Waals surface area contributed by atoms with Crippen molar-refractivity contribution in [3.05, 3.63) is 36.5 Å². The molecule has 1 amide bonds. The van der Waals surface area contributed by atoms with E-state index in [1.165, 1.54) is 6.42 Å². The largest absolute Gasteiger partial charge is 0.439 e. The lowest BCUT2D eigenvalue weighted by Crippen LogP contribution is -2.36. The molecule has 1 saturated heterocycles. The number of hydrogen-bond donors (Lipinski definition) is 1. The molecule has 0 spiro atoms. The number of likely N-dealkylation sites (tertiary alicyclic amines) is 1. The van der Waals surface area contributed by atoms with Crippen molar-refractivity contribution in [1.82, 2.24) is 19.9 Å². The topological polar surface area (TPSA) is 84.2 Å². The van der Waals surface area contributed by atoms with E-state index in [2.05, 4.69) is 25.2 Å². The van der Waals surface area contributed by atoms with Crippen molar-refractivity contribution in [1.29, 1.82) is 0 Å². The SMILES string of the molecule is Cc1ncc(-c2ccc3cnc(NC(=O)CN4CCCCC4)cc3n2)o1. The number of piperidine rings is 1. The van der Waals surface area contributed by atoms with Gasteiger partial charge in [0.2, 0.25) is 5.91 Å². The number of carbonyl (C=O) groups excluding carboxylic acids is 1. The van der Waals surface area contributed by atoms with Crippen LogP contribution in [0, 0.1) is 6.92 Å². The summed E-state index contributed by atoms with van der Waals surface area (Å²) in [5.74, 6) is 1.69. The van der Waals surface area contributed by atoms with Gasteiger partial charge in [-0.2, -0.15) is 0 Å². The Kier molecular flexibility index (Phi) is 4.62. The van der Waals surface area contributed by atoms with Crippen LogP contribution < -0.4 is 5.32 Å². The highest BCUT2D eigenvalue weighted by Gasteiger charge is 2.14. The molecule has 0 radical (unpaired) electrons. The third-order valence-electron chi connectivity index (χ3n) is 4.53. The van der Waals surface area contributed by atoms with Crippen LogP contribution in [0.15, 0.2) is 35.0 Å². The first-order valence-electron chi connectivity index (χ1n) is 8.89. The van der Waals surface area contributed by atoms with Crippen LogP contribution in [0.4, 0.5) is 5.82 Å². The maximum absolute atomic E-state index is 12.3. The molecule has 0 atom stereocenters. The number of pyridine rings is 2. The number of hydrogen-bond acceptors (Lipinski definition) is 6. The highest BCUT2D eigenvalue weighted by atomic mass is 16.4. The number of amides is 1. The number of nitrogens with one attached hydrogen (secondary N) is 1. The van der Waals surface area contributed by atoms with Crippen molar-refractivity contribution in [3.8, 4) is 11.5 Å². The number of anilines is 1. The average Bonchev–Trinajstić information content (AvgIpc) is 3.08. The molecule has 4 heterocycles. The fraction of sp³-hybridized carbons (Fsp3) is 0.368. The molecule has 4 rings (SSSR count). The summed E-state index contributed by atoms with van der Waals surface area (Å²) >= 11 is 0. The Labute approximate surface area is 151 Å². The first-order valence-corrected chi connectivity index (χ1v) is 8.89. The highest BCUT2D eigenvalue weighted by Crippen LogP contribution is 2.22. The molecule has 0 aromatic carbocycles. The van der Waals surface area contributed by atoms with E-state index in [1.54, 1.807) is 25.4 Å². The van der Waals surface area contributed by atoms with Crippen LogP contribution in [-0.4, -0.2) is 45.4 Å². The van der Waals surface area contributed by atoms with Crippen molar-refractivity contribution in [2.45, 2.75) is 26.2 Å². The molecule has 3 aromatic rings. The maximum Gasteiger partial charge on any atom is 0.239 e. The summed E-state index contributed by atoms with van der Waals surface area (Å²) in [6, 6.07) is 5.59. The number of aryl methyl sites for hydroxylation is 1. The van der Waals surface area contributed by atoms with Gasteiger partial charge < -0.3 is 9.73 Å². The fourth-order valence-corrected chi connectivity index (χ4v) is 3.20. The Balaban J connectivity index is 1.51. The average molecular weight is 351 g/mol. The van der Waals surface area contributed by atoms with Crippen LogP contribution in [-0.2, 0) is 4.79 Å². The number of nitrogens with zero attached hydrogens (tertiary/aromatic N) is 4. The summed E-state index contributed by atoms with van der Waals surface area (Å²) < 4.78 is 5.53. The van der Waals surface area contributed by atoms with Gasteiger partial charge in [-0.05, 0) is 38.1 Å². The van der Waals surface area contributed by atoms with E-state index in [-0.39, 0.29) is 5.91 Å². The molecule has 7 heteroatoms. The van der Waals surface area contributed by atoms with Crippen molar-refractivity contribution in [2.24, 2.45) is 0 Å². The Bertz CT molecular complexity index is 931. The second-order valence-corrected chi connectivity index (χ2v) is 6.59. The van der Waals surface area contributed by atoms with Crippen molar-refractivity contribution in [3.63, 3.8) is 0 Å². The van der Waals surface area contributed by atoms with Crippen molar-refractivity contribution < 1.29 is 9.21 Å². The number of fused-ring (bicyclic) bond motifs is 1. The molecule has 3 aromatic heterocycles. The Morgan fingerprint density at radius 3 is 2.81 bits per heavy atom. The van der Waals surface area contributed by atoms with Gasteiger partial charge >= 0.3 is 0 Å². The number of rotatable bonds is 4. The molecule has 0 saturated carbocycles. The quantitative estimate of drug-likeness (QED) is 0.778. The maximum atomic E-state index is 12.3. The third-order valence-corrected chi connectivity index (χ3v) is 4.53. The van der Waals surface area contributed by atoms with Crippen LogP contribution in [0.1, 0.15) is 25.2 Å². The fourth-order valence-electron chi connectivity index (χ4n) is 3.20. The monoisotopic (exact) mass is 351 g/mol. The van der Waals surface area contributed by atoms with E-state index in [9.17, 15) is 4.79 Å². The Morgan fingerprint density at radius 1 is 1.19 bits per heavy atom. The molecule has 1 fully saturated rings. The van der Waals surface area contributed by atoms with Gasteiger partial charge in [0.1, 0.15) is 11.5 Å². The molecule has 1 aliphatic rings. The van der Waals surface area contributed by atoms with Gasteiger partial charge in [0.25, 0.3) is 0 Å². The summed E-state index contributed by atoms with van der Waals surface area (Å²) in [6.45, 7) is 4.18. The first-order chi connectivity index (χ1) is 12.7. The lowest BCUT2D eigenvalue weighted by molar-refractivity contribution is -0.117. The number of carbonyl (C=O) groups is 1. The van der Waals surface area contributed by atoms with Crippen molar-refractivity contribution in [2.75, 3.05) is 25.0 Å². The third kappa shape index (κ3) is 3.72. The van der Waals surface area contributed by atoms with E-state index in [4.69, 9.17) is 4.42 Å². The number of oxazole rings is 1. The minimum Gasteiger partial charge on any atom is -0.439 e. The Morgan fingerprint density at radius 2 is 2.04 bits per heavy atom. The molecule has 0 aliphatic carbocycles. The van der Waals surface area contributed by atoms with E-state index in [0.29, 0.717) is 29.7 Å². The highest BCUT2D eigenvalue weighted by molar-refractivity contribution is 5.93. The molecule has 134 valence electrons. The molecular formula is C19H21N5O2. The van der Waals surface area contributed by atoms with Crippen molar-refractivity contribution >= 4 is 22.6 Å². The van der Waals surface area contributed by atoms with Gasteiger partial charge in [-0.25, -0.2) is 15.0 Å². The summed E-state index contributed by atoms with van der Waals surface area (Å²) in [4.78, 5) is 27.5. The summed E-state index contributed by atoms with van der Waals surface area (Å²) in [7, 11) is 0. The van der Waals surface area contributed by atoms with Gasteiger partial charge in [-0.1, -0.05) is 6.42 Å². The lowest BCUT2D eigenvalue weighted by Gasteiger charge is -2.25. The molecule has 1 N–H and O–H groups in total. The molecule has 0 bridgehead atoms. The number of aromatic nitrogens is 3. The minimum atomic E-state index is -0.0410. The standard InChI is InChI=1S/C19H21N5O2/c1-13-20-11-17(26-13)15-6-5-14-10-21-18(9-16(14)22-15)23-19(25)12-24-7-3-2-4-8-24/h5-6,9-11H,2-4,7-8,12H2,1H3,(H,21,23,25).